The van der Waals surface area contributed by atoms with Gasteiger partial charge in [-0.15, -0.1) is 0 Å². The molecule has 2 N–H and O–H groups in total. The Bertz CT molecular complexity index is 611. The molecule has 0 saturated carbocycles. The molecule has 2 aromatic rings. The Morgan fingerprint density at radius 2 is 1.86 bits per heavy atom. The SMILES string of the molecule is O=C(CNC(=O)COc1ccc(F)cc1)NCc1ccco1. The number of hydrogen-bond donors (Lipinski definition) is 2. The summed E-state index contributed by atoms with van der Waals surface area (Å²) in [5, 5.41) is 5.00. The van der Waals surface area contributed by atoms with Crippen LogP contribution in [0.1, 0.15) is 5.76 Å². The maximum Gasteiger partial charge on any atom is 0.258 e. The van der Waals surface area contributed by atoms with E-state index in [9.17, 15) is 14.0 Å². The summed E-state index contributed by atoms with van der Waals surface area (Å²) in [6.07, 6.45) is 1.51. The average molecular weight is 306 g/mol. The van der Waals surface area contributed by atoms with Crippen molar-refractivity contribution in [2.45, 2.75) is 6.54 Å². The van der Waals surface area contributed by atoms with Gasteiger partial charge in [-0.05, 0) is 36.4 Å². The van der Waals surface area contributed by atoms with Crippen molar-refractivity contribution in [1.29, 1.82) is 0 Å². The summed E-state index contributed by atoms with van der Waals surface area (Å²) in [7, 11) is 0. The molecule has 2 amide bonds. The molecule has 116 valence electrons. The van der Waals surface area contributed by atoms with Gasteiger partial charge in [-0.25, -0.2) is 4.39 Å². The van der Waals surface area contributed by atoms with Crippen LogP contribution in [0.4, 0.5) is 4.39 Å². The zero-order chi connectivity index (χ0) is 15.8. The largest absolute Gasteiger partial charge is 0.484 e. The van der Waals surface area contributed by atoms with E-state index >= 15 is 0 Å². The topological polar surface area (TPSA) is 80.6 Å². The summed E-state index contributed by atoms with van der Waals surface area (Å²) in [5.74, 6) is -0.174. The minimum atomic E-state index is -0.447. The Hall–Kier alpha value is -2.83. The highest BCUT2D eigenvalue weighted by atomic mass is 19.1. The fraction of sp³-hybridized carbons (Fsp3) is 0.200. The van der Waals surface area contributed by atoms with Crippen molar-refractivity contribution < 1.29 is 23.1 Å². The maximum atomic E-state index is 12.7. The Morgan fingerprint density at radius 3 is 2.55 bits per heavy atom. The lowest BCUT2D eigenvalue weighted by Crippen LogP contribution is -2.38. The van der Waals surface area contributed by atoms with Gasteiger partial charge in [-0.3, -0.25) is 9.59 Å². The molecule has 0 atom stereocenters. The minimum Gasteiger partial charge on any atom is -0.484 e. The van der Waals surface area contributed by atoms with E-state index in [0.29, 0.717) is 11.5 Å². The van der Waals surface area contributed by atoms with Crippen molar-refractivity contribution in [3.63, 3.8) is 0 Å². The summed E-state index contributed by atoms with van der Waals surface area (Å²) in [6, 6.07) is 8.74. The predicted molar refractivity (Wildman–Crippen MR) is 75.5 cm³/mol. The molecular formula is C15H15FN2O4. The van der Waals surface area contributed by atoms with Gasteiger partial charge in [0.1, 0.15) is 17.3 Å². The lowest BCUT2D eigenvalue weighted by molar-refractivity contribution is -0.127. The number of carbonyl (C=O) groups excluding carboxylic acids is 2. The van der Waals surface area contributed by atoms with Crippen LogP contribution in [0.3, 0.4) is 0 Å². The Kier molecular flexibility index (Phi) is 5.53. The molecule has 0 radical (unpaired) electrons. The summed E-state index contributed by atoms with van der Waals surface area (Å²) in [6.45, 7) is -0.156. The number of ether oxygens (including phenoxy) is 1. The second kappa shape index (κ2) is 7.82. The normalized spacial score (nSPS) is 10.0. The molecule has 7 heteroatoms. The molecule has 2 rings (SSSR count). The van der Waals surface area contributed by atoms with Gasteiger partial charge in [-0.1, -0.05) is 0 Å². The summed E-state index contributed by atoms with van der Waals surface area (Å²) < 4.78 is 22.9. The van der Waals surface area contributed by atoms with Crippen LogP contribution in [0.5, 0.6) is 5.75 Å². The lowest BCUT2D eigenvalue weighted by atomic mass is 10.3. The predicted octanol–water partition coefficient (Wildman–Crippen LogP) is 1.23. The van der Waals surface area contributed by atoms with E-state index in [0.717, 1.165) is 0 Å². The molecule has 0 spiro atoms. The molecule has 1 aromatic carbocycles. The van der Waals surface area contributed by atoms with Crippen molar-refractivity contribution in [1.82, 2.24) is 10.6 Å². The highest BCUT2D eigenvalue weighted by Crippen LogP contribution is 2.10. The van der Waals surface area contributed by atoms with Gasteiger partial charge < -0.3 is 19.8 Å². The smallest absolute Gasteiger partial charge is 0.258 e. The van der Waals surface area contributed by atoms with E-state index in [4.69, 9.17) is 9.15 Å². The molecule has 0 bridgehead atoms. The number of benzene rings is 1. The summed E-state index contributed by atoms with van der Waals surface area (Å²) in [5.41, 5.74) is 0. The van der Waals surface area contributed by atoms with E-state index in [1.54, 1.807) is 12.1 Å². The van der Waals surface area contributed by atoms with Crippen LogP contribution in [0, 0.1) is 5.82 Å². The molecule has 0 unspecified atom stereocenters. The van der Waals surface area contributed by atoms with Crippen molar-refractivity contribution in [3.05, 3.63) is 54.2 Å². The van der Waals surface area contributed by atoms with Gasteiger partial charge in [-0.2, -0.15) is 0 Å². The zero-order valence-electron chi connectivity index (χ0n) is 11.7. The monoisotopic (exact) mass is 306 g/mol. The van der Waals surface area contributed by atoms with Crippen LogP contribution in [-0.2, 0) is 16.1 Å². The fourth-order valence-electron chi connectivity index (χ4n) is 1.57. The molecule has 1 aromatic heterocycles. The lowest BCUT2D eigenvalue weighted by Gasteiger charge is -2.07. The highest BCUT2D eigenvalue weighted by molar-refractivity contribution is 5.85. The number of furan rings is 1. The summed E-state index contributed by atoms with van der Waals surface area (Å²) >= 11 is 0. The first-order valence-electron chi connectivity index (χ1n) is 6.57. The number of amides is 2. The first-order valence-corrected chi connectivity index (χ1v) is 6.57. The zero-order valence-corrected chi connectivity index (χ0v) is 11.7. The van der Waals surface area contributed by atoms with Crippen molar-refractivity contribution in [3.8, 4) is 5.75 Å². The molecule has 0 aliphatic rings. The molecule has 0 aliphatic carbocycles. The van der Waals surface area contributed by atoms with Gasteiger partial charge in [0.05, 0.1) is 19.4 Å². The molecule has 0 aliphatic heterocycles. The van der Waals surface area contributed by atoms with Gasteiger partial charge in [0.25, 0.3) is 5.91 Å². The number of nitrogens with one attached hydrogen (secondary N) is 2. The summed E-state index contributed by atoms with van der Waals surface area (Å²) in [4.78, 5) is 23.0. The van der Waals surface area contributed by atoms with E-state index < -0.39 is 5.91 Å². The number of rotatable bonds is 7. The van der Waals surface area contributed by atoms with Crippen LogP contribution >= 0.6 is 0 Å². The standard InChI is InChI=1S/C15H15FN2O4/c16-11-3-5-12(6-4-11)22-10-15(20)18-9-14(19)17-8-13-2-1-7-21-13/h1-7H,8-10H2,(H,17,19)(H,18,20). The van der Waals surface area contributed by atoms with Crippen molar-refractivity contribution >= 4 is 11.8 Å². The third-order valence-electron chi connectivity index (χ3n) is 2.67. The van der Waals surface area contributed by atoms with E-state index in [-0.39, 0.29) is 31.4 Å². The van der Waals surface area contributed by atoms with E-state index in [2.05, 4.69) is 10.6 Å². The number of carbonyl (C=O) groups is 2. The quantitative estimate of drug-likeness (QED) is 0.806. The van der Waals surface area contributed by atoms with Crippen LogP contribution in [0.2, 0.25) is 0 Å². The minimum absolute atomic E-state index is 0.160. The van der Waals surface area contributed by atoms with Crippen LogP contribution in [0.15, 0.2) is 47.1 Å². The van der Waals surface area contributed by atoms with Gasteiger partial charge in [0.15, 0.2) is 6.61 Å². The molecule has 22 heavy (non-hydrogen) atoms. The molecule has 0 saturated heterocycles. The second-order valence-electron chi connectivity index (χ2n) is 4.38. The number of hydrogen-bond acceptors (Lipinski definition) is 4. The second-order valence-corrected chi connectivity index (χ2v) is 4.38. The van der Waals surface area contributed by atoms with Gasteiger partial charge in [0.2, 0.25) is 5.91 Å². The van der Waals surface area contributed by atoms with Gasteiger partial charge in [0, 0.05) is 0 Å². The first-order chi connectivity index (χ1) is 10.6. The fourth-order valence-corrected chi connectivity index (χ4v) is 1.57. The third-order valence-corrected chi connectivity index (χ3v) is 2.67. The molecule has 1 heterocycles. The highest BCUT2D eigenvalue weighted by Gasteiger charge is 2.07. The first kappa shape index (κ1) is 15.6. The molecule has 0 fully saturated rings. The van der Waals surface area contributed by atoms with Crippen molar-refractivity contribution in [2.24, 2.45) is 0 Å². The van der Waals surface area contributed by atoms with Crippen LogP contribution in [-0.4, -0.2) is 25.0 Å². The Labute approximate surface area is 126 Å². The van der Waals surface area contributed by atoms with Crippen molar-refractivity contribution in [2.75, 3.05) is 13.2 Å². The van der Waals surface area contributed by atoms with E-state index in [1.807, 2.05) is 0 Å². The molecular weight excluding hydrogens is 291 g/mol. The Morgan fingerprint density at radius 1 is 1.09 bits per heavy atom. The third kappa shape index (κ3) is 5.28. The van der Waals surface area contributed by atoms with E-state index in [1.165, 1.54) is 30.5 Å². The maximum absolute atomic E-state index is 12.7. The Balaban J connectivity index is 1.62. The van der Waals surface area contributed by atoms with Crippen LogP contribution in [0.25, 0.3) is 0 Å². The number of halogens is 1. The van der Waals surface area contributed by atoms with Gasteiger partial charge >= 0.3 is 0 Å². The average Bonchev–Trinajstić information content (AvgIpc) is 3.04. The van der Waals surface area contributed by atoms with Crippen LogP contribution < -0.4 is 15.4 Å². The molecule has 6 nitrogen and oxygen atoms in total.